The Hall–Kier alpha value is -2.34. The number of nitrogens with zero attached hydrogens (tertiary/aromatic N) is 3. The lowest BCUT2D eigenvalue weighted by Gasteiger charge is -2.14. The van der Waals surface area contributed by atoms with Gasteiger partial charge in [0.15, 0.2) is 11.5 Å². The highest BCUT2D eigenvalue weighted by molar-refractivity contribution is 6.34. The first-order valence-electron chi connectivity index (χ1n) is 15.2. The largest absolute Gasteiger partial charge is 0.465 e. The van der Waals surface area contributed by atoms with Crippen LogP contribution in [0.2, 0.25) is 5.02 Å². The Morgan fingerprint density at radius 3 is 2.05 bits per heavy atom. The van der Waals surface area contributed by atoms with Gasteiger partial charge in [-0.05, 0) is 18.1 Å². The second-order valence-electron chi connectivity index (χ2n) is 11.9. The van der Waals surface area contributed by atoms with Crippen molar-refractivity contribution in [3.05, 3.63) is 40.5 Å². The molecule has 0 fully saturated rings. The number of esters is 1. The van der Waals surface area contributed by atoms with Crippen molar-refractivity contribution >= 4 is 23.2 Å². The molecule has 3 aromatic rings. The topological polar surface area (TPSA) is 72.3 Å². The molecule has 2 aromatic heterocycles. The van der Waals surface area contributed by atoms with E-state index in [1.54, 1.807) is 4.63 Å². The van der Waals surface area contributed by atoms with E-state index in [0.29, 0.717) is 23.1 Å². The number of rotatable bonds is 18. The van der Waals surface area contributed by atoms with E-state index in [2.05, 4.69) is 42.9 Å². The lowest BCUT2D eigenvalue weighted by molar-refractivity contribution is -0.142. The summed E-state index contributed by atoms with van der Waals surface area (Å²) in [6.45, 7) is 8.99. The van der Waals surface area contributed by atoms with Crippen molar-refractivity contribution in [3.63, 3.8) is 0 Å². The van der Waals surface area contributed by atoms with Crippen molar-refractivity contribution in [1.82, 2.24) is 19.8 Å². The van der Waals surface area contributed by atoms with Gasteiger partial charge in [-0.15, -0.1) is 9.73 Å². The van der Waals surface area contributed by atoms with Crippen LogP contribution in [0.3, 0.4) is 0 Å². The van der Waals surface area contributed by atoms with Crippen molar-refractivity contribution in [2.24, 2.45) is 0 Å². The van der Waals surface area contributed by atoms with E-state index in [1.165, 1.54) is 77.0 Å². The Kier molecular flexibility index (Phi) is 12.8. The van der Waals surface area contributed by atoms with Crippen molar-refractivity contribution in [3.8, 4) is 11.4 Å². The summed E-state index contributed by atoms with van der Waals surface area (Å²) in [5.41, 5.74) is 3.10. The van der Waals surface area contributed by atoms with Gasteiger partial charge in [0, 0.05) is 11.0 Å². The molecule has 39 heavy (non-hydrogen) atoms. The summed E-state index contributed by atoms with van der Waals surface area (Å²) < 4.78 is 7.05. The normalized spacial score (nSPS) is 11.9. The molecule has 0 radical (unpaired) electrons. The molecule has 216 valence electrons. The van der Waals surface area contributed by atoms with Crippen LogP contribution in [0.15, 0.2) is 24.3 Å². The average Bonchev–Trinajstić information content (AvgIpc) is 3.46. The summed E-state index contributed by atoms with van der Waals surface area (Å²) >= 11 is 6.56. The third-order valence-corrected chi connectivity index (χ3v) is 7.62. The molecule has 0 saturated heterocycles. The number of nitrogens with one attached hydrogen (secondary N) is 1. The molecule has 0 aliphatic heterocycles. The van der Waals surface area contributed by atoms with E-state index in [0.717, 1.165) is 29.7 Å². The smallest absolute Gasteiger partial charge is 0.310 e. The zero-order valence-electron chi connectivity index (χ0n) is 24.7. The van der Waals surface area contributed by atoms with Crippen molar-refractivity contribution in [1.29, 1.82) is 0 Å². The number of ether oxygens (including phenoxy) is 1. The number of carbonyl (C=O) groups excluding carboxylic acids is 1. The third-order valence-electron chi connectivity index (χ3n) is 7.26. The molecule has 0 amide bonds. The summed E-state index contributed by atoms with van der Waals surface area (Å²) in [6, 6.07) is 7.79. The highest BCUT2D eigenvalue weighted by atomic mass is 35.5. The minimum atomic E-state index is -0.186. The van der Waals surface area contributed by atoms with Crippen LogP contribution in [0, 0.1) is 0 Å². The maximum atomic E-state index is 12.4. The monoisotopic (exact) mass is 556 g/mol. The molecule has 0 atom stereocenters. The minimum absolute atomic E-state index is 0.168. The van der Waals surface area contributed by atoms with Gasteiger partial charge >= 0.3 is 5.97 Å². The Balaban J connectivity index is 1.29. The number of benzene rings is 1. The number of halogens is 1. The molecule has 2 heterocycles. The van der Waals surface area contributed by atoms with Crippen LogP contribution in [0.5, 0.6) is 0 Å². The fraction of sp³-hybridized carbons (Fsp3) is 0.656. The Morgan fingerprint density at radius 2 is 1.49 bits per heavy atom. The molecule has 3 rings (SSSR count). The van der Waals surface area contributed by atoms with Crippen LogP contribution in [-0.2, 0) is 21.4 Å². The average molecular weight is 557 g/mol. The maximum absolute atomic E-state index is 12.4. The summed E-state index contributed by atoms with van der Waals surface area (Å²) in [4.78, 5) is 15.7. The number of carbonyl (C=O) groups is 1. The van der Waals surface area contributed by atoms with Crippen LogP contribution in [0.4, 0.5) is 0 Å². The number of hydrogen-bond donors (Lipinski definition) is 1. The predicted molar refractivity (Wildman–Crippen MR) is 161 cm³/mol. The molecule has 7 heteroatoms. The van der Waals surface area contributed by atoms with Crippen LogP contribution >= 0.6 is 11.6 Å². The second kappa shape index (κ2) is 16.1. The lowest BCUT2D eigenvalue weighted by Crippen LogP contribution is -2.13. The van der Waals surface area contributed by atoms with E-state index in [-0.39, 0.29) is 17.8 Å². The first-order valence-corrected chi connectivity index (χ1v) is 15.6. The number of H-pyrrole nitrogens is 1. The van der Waals surface area contributed by atoms with Gasteiger partial charge in [0.25, 0.3) is 0 Å². The standard InChI is InChI=1S/C32H49ClN4O2/c1-5-6-7-8-9-10-11-12-13-14-15-16-17-18-22-39-27(38)24-25-20-19-21-26(23-25)30-34-31-28(33)29(32(2,3)4)35-37(31)36-30/h19-21,23H,5-18,22,24H2,1-4H3,(H,34,36). The highest BCUT2D eigenvalue weighted by Gasteiger charge is 2.25. The fourth-order valence-electron chi connectivity index (χ4n) is 4.94. The van der Waals surface area contributed by atoms with E-state index < -0.39 is 0 Å². The van der Waals surface area contributed by atoms with E-state index in [1.807, 2.05) is 24.3 Å². The number of aromatic nitrogens is 4. The van der Waals surface area contributed by atoms with E-state index in [4.69, 9.17) is 16.3 Å². The minimum Gasteiger partial charge on any atom is -0.465 e. The number of hydrogen-bond acceptors (Lipinski definition) is 4. The van der Waals surface area contributed by atoms with Crippen LogP contribution in [0.25, 0.3) is 17.0 Å². The summed E-state index contributed by atoms with van der Waals surface area (Å²) in [5.74, 6) is 0.478. The van der Waals surface area contributed by atoms with E-state index in [9.17, 15) is 4.79 Å². The van der Waals surface area contributed by atoms with Gasteiger partial charge < -0.3 is 9.72 Å². The van der Waals surface area contributed by atoms with Gasteiger partial charge in [0.1, 0.15) is 5.02 Å². The second-order valence-corrected chi connectivity index (χ2v) is 12.3. The zero-order valence-corrected chi connectivity index (χ0v) is 25.4. The van der Waals surface area contributed by atoms with Crippen LogP contribution in [-0.4, -0.2) is 32.4 Å². The number of aromatic amines is 1. The van der Waals surface area contributed by atoms with Crippen LogP contribution < -0.4 is 0 Å². The molecule has 0 spiro atoms. The molecule has 6 nitrogen and oxygen atoms in total. The quantitative estimate of drug-likeness (QED) is 0.125. The number of fused-ring (bicyclic) bond motifs is 1. The van der Waals surface area contributed by atoms with Crippen LogP contribution in [0.1, 0.15) is 129 Å². The molecule has 0 unspecified atom stereocenters. The van der Waals surface area contributed by atoms with Crippen molar-refractivity contribution in [2.45, 2.75) is 129 Å². The molecule has 0 aliphatic rings. The fourth-order valence-corrected chi connectivity index (χ4v) is 5.38. The lowest BCUT2D eigenvalue weighted by atomic mass is 9.92. The molecule has 1 N–H and O–H groups in total. The molecule has 1 aromatic carbocycles. The van der Waals surface area contributed by atoms with Gasteiger partial charge in [0.05, 0.1) is 18.7 Å². The first kappa shape index (κ1) is 31.2. The Bertz CT molecular complexity index is 1140. The Labute approximate surface area is 240 Å². The molecule has 0 bridgehead atoms. The Morgan fingerprint density at radius 1 is 0.897 bits per heavy atom. The van der Waals surface area contributed by atoms with Crippen molar-refractivity contribution in [2.75, 3.05) is 6.61 Å². The SMILES string of the molecule is CCCCCCCCCCCCCCCCOC(=O)Cc1cccc(-c2nn3nc(C(C)(C)C)c(Cl)c3[nH]2)c1. The van der Waals surface area contributed by atoms with Gasteiger partial charge in [-0.3, -0.25) is 4.79 Å². The molecule has 0 saturated carbocycles. The third kappa shape index (κ3) is 10.3. The predicted octanol–water partition coefficient (Wildman–Crippen LogP) is 9.24. The first-order chi connectivity index (χ1) is 18.8. The van der Waals surface area contributed by atoms with Gasteiger partial charge in [0.2, 0.25) is 0 Å². The van der Waals surface area contributed by atoms with E-state index >= 15 is 0 Å². The highest BCUT2D eigenvalue weighted by Crippen LogP contribution is 2.32. The van der Waals surface area contributed by atoms with Gasteiger partial charge in [-0.25, -0.2) is 0 Å². The van der Waals surface area contributed by atoms with Crippen molar-refractivity contribution < 1.29 is 9.53 Å². The van der Waals surface area contributed by atoms with Gasteiger partial charge in [-0.1, -0.05) is 141 Å². The van der Waals surface area contributed by atoms with Gasteiger partial charge in [-0.2, -0.15) is 5.10 Å². The molecular weight excluding hydrogens is 508 g/mol. The number of unbranched alkanes of at least 4 members (excludes halogenated alkanes) is 13. The molecular formula is C32H49ClN4O2. The zero-order chi connectivity index (χ0) is 28.1. The molecule has 0 aliphatic carbocycles. The summed E-state index contributed by atoms with van der Waals surface area (Å²) in [6.07, 6.45) is 18.7. The summed E-state index contributed by atoms with van der Waals surface area (Å²) in [7, 11) is 0. The maximum Gasteiger partial charge on any atom is 0.310 e. The summed E-state index contributed by atoms with van der Waals surface area (Å²) in [5, 5.41) is 9.72.